The molecule has 1 fully saturated rings. The van der Waals surface area contributed by atoms with E-state index in [4.69, 9.17) is 32.7 Å². The number of ether oxygens (including phenoxy) is 2. The maximum atomic E-state index is 13.2. The molecular formula is C28H31Cl2N5O4. The van der Waals surface area contributed by atoms with Gasteiger partial charge in [-0.1, -0.05) is 23.2 Å². The van der Waals surface area contributed by atoms with Gasteiger partial charge in [-0.05, 0) is 56.3 Å². The number of hydrogen-bond acceptors (Lipinski definition) is 7. The molecule has 206 valence electrons. The van der Waals surface area contributed by atoms with Gasteiger partial charge in [0.2, 0.25) is 5.91 Å². The number of nitrogens with zero attached hydrogens (tertiary/aromatic N) is 5. The summed E-state index contributed by atoms with van der Waals surface area (Å²) >= 11 is 12.2. The van der Waals surface area contributed by atoms with Crippen LogP contribution in [0.3, 0.4) is 0 Å². The molecule has 2 aromatic carbocycles. The molecule has 11 heteroatoms. The second-order valence-electron chi connectivity index (χ2n) is 9.36. The molecule has 0 aliphatic carbocycles. The van der Waals surface area contributed by atoms with Gasteiger partial charge in [0.15, 0.2) is 5.82 Å². The van der Waals surface area contributed by atoms with Crippen LogP contribution in [-0.4, -0.2) is 84.8 Å². The van der Waals surface area contributed by atoms with Gasteiger partial charge in [-0.15, -0.1) is 10.2 Å². The molecule has 1 aromatic heterocycles. The zero-order valence-electron chi connectivity index (χ0n) is 22.4. The van der Waals surface area contributed by atoms with Gasteiger partial charge in [-0.3, -0.25) is 9.59 Å². The van der Waals surface area contributed by atoms with E-state index in [0.717, 1.165) is 11.4 Å². The van der Waals surface area contributed by atoms with Gasteiger partial charge >= 0.3 is 0 Å². The maximum Gasteiger partial charge on any atom is 0.256 e. The minimum atomic E-state index is -0.303. The molecule has 0 N–H and O–H groups in total. The van der Waals surface area contributed by atoms with Crippen LogP contribution in [0.2, 0.25) is 10.0 Å². The van der Waals surface area contributed by atoms with Crippen LogP contribution in [0.5, 0.6) is 11.5 Å². The van der Waals surface area contributed by atoms with Gasteiger partial charge in [0.1, 0.15) is 18.0 Å². The first-order valence-corrected chi connectivity index (χ1v) is 13.3. The van der Waals surface area contributed by atoms with Crippen LogP contribution in [0.4, 0.5) is 5.82 Å². The Morgan fingerprint density at radius 2 is 1.69 bits per heavy atom. The van der Waals surface area contributed by atoms with E-state index in [0.29, 0.717) is 54.0 Å². The molecular weight excluding hydrogens is 541 g/mol. The summed E-state index contributed by atoms with van der Waals surface area (Å²) in [4.78, 5) is 31.7. The number of halogens is 2. The number of aromatic nitrogens is 2. The number of carbonyl (C=O) groups excluding carboxylic acids is 2. The largest absolute Gasteiger partial charge is 0.497 e. The quantitative estimate of drug-likeness (QED) is 0.388. The van der Waals surface area contributed by atoms with Crippen molar-refractivity contribution in [3.05, 3.63) is 64.1 Å². The highest BCUT2D eigenvalue weighted by Crippen LogP contribution is 2.32. The van der Waals surface area contributed by atoms with Crippen molar-refractivity contribution in [2.75, 3.05) is 51.8 Å². The van der Waals surface area contributed by atoms with Gasteiger partial charge in [0.05, 0.1) is 30.5 Å². The van der Waals surface area contributed by atoms with Gasteiger partial charge in [0.25, 0.3) is 5.91 Å². The van der Waals surface area contributed by atoms with Crippen LogP contribution >= 0.6 is 23.2 Å². The third-order valence-electron chi connectivity index (χ3n) is 6.64. The van der Waals surface area contributed by atoms with Gasteiger partial charge in [0, 0.05) is 48.9 Å². The summed E-state index contributed by atoms with van der Waals surface area (Å²) in [5.74, 6) is 1.66. The smallest absolute Gasteiger partial charge is 0.256 e. The molecule has 0 spiro atoms. The first-order chi connectivity index (χ1) is 18.7. The lowest BCUT2D eigenvalue weighted by Gasteiger charge is -2.36. The molecule has 2 heterocycles. The molecule has 0 saturated carbocycles. The van der Waals surface area contributed by atoms with E-state index in [1.807, 2.05) is 38.1 Å². The highest BCUT2D eigenvalue weighted by molar-refractivity contribution is 6.36. The zero-order chi connectivity index (χ0) is 28.1. The Hall–Kier alpha value is -3.56. The minimum absolute atomic E-state index is 0.0341. The average molecular weight is 572 g/mol. The lowest BCUT2D eigenvalue weighted by atomic mass is 10.1. The molecule has 39 heavy (non-hydrogen) atoms. The summed E-state index contributed by atoms with van der Waals surface area (Å²) in [5.41, 5.74) is 1.82. The van der Waals surface area contributed by atoms with Crippen molar-refractivity contribution in [1.82, 2.24) is 20.0 Å². The Morgan fingerprint density at radius 1 is 0.949 bits per heavy atom. The first kappa shape index (κ1) is 28.4. The van der Waals surface area contributed by atoms with E-state index in [1.165, 1.54) is 11.0 Å². The van der Waals surface area contributed by atoms with Crippen LogP contribution in [0.25, 0.3) is 11.3 Å². The summed E-state index contributed by atoms with van der Waals surface area (Å²) in [6.45, 7) is 5.93. The second-order valence-corrected chi connectivity index (χ2v) is 10.2. The zero-order valence-corrected chi connectivity index (χ0v) is 23.9. The molecule has 0 radical (unpaired) electrons. The topological polar surface area (TPSA) is 88.1 Å². The summed E-state index contributed by atoms with van der Waals surface area (Å²) in [5, 5.41) is 9.53. The summed E-state index contributed by atoms with van der Waals surface area (Å²) in [6.07, 6.45) is 0. The van der Waals surface area contributed by atoms with Crippen molar-refractivity contribution < 1.29 is 19.1 Å². The molecule has 4 rings (SSSR count). The Morgan fingerprint density at radius 3 is 2.28 bits per heavy atom. The number of rotatable bonds is 8. The van der Waals surface area contributed by atoms with Crippen molar-refractivity contribution in [3.63, 3.8) is 0 Å². The van der Waals surface area contributed by atoms with E-state index in [9.17, 15) is 9.59 Å². The molecule has 9 nitrogen and oxygen atoms in total. The molecule has 1 saturated heterocycles. The van der Waals surface area contributed by atoms with E-state index in [2.05, 4.69) is 15.1 Å². The monoisotopic (exact) mass is 571 g/mol. The predicted molar refractivity (Wildman–Crippen MR) is 152 cm³/mol. The fourth-order valence-electron chi connectivity index (χ4n) is 4.38. The fourth-order valence-corrected chi connectivity index (χ4v) is 4.87. The highest BCUT2D eigenvalue weighted by Gasteiger charge is 2.28. The summed E-state index contributed by atoms with van der Waals surface area (Å²) < 4.78 is 10.7. The van der Waals surface area contributed by atoms with E-state index >= 15 is 0 Å². The summed E-state index contributed by atoms with van der Waals surface area (Å²) in [6, 6.07) is 13.9. The summed E-state index contributed by atoms with van der Waals surface area (Å²) in [7, 11) is 3.21. The van der Waals surface area contributed by atoms with E-state index < -0.39 is 0 Å². The second kappa shape index (κ2) is 12.5. The van der Waals surface area contributed by atoms with Crippen LogP contribution < -0.4 is 14.4 Å². The number of methoxy groups -OCH3 is 2. The normalized spacial score (nSPS) is 13.4. The molecule has 0 unspecified atom stereocenters. The number of benzene rings is 2. The van der Waals surface area contributed by atoms with Crippen LogP contribution in [0, 0.1) is 0 Å². The molecule has 1 aliphatic rings. The number of piperazine rings is 1. The SMILES string of the molecule is COc1ccc(-c2ccc(N3CCN(C(=O)CN(C(=O)c4ccc(Cl)cc4Cl)C(C)C)CC3)nn2)c(OC)c1. The Labute approximate surface area is 238 Å². The van der Waals surface area contributed by atoms with E-state index in [1.54, 1.807) is 37.3 Å². The Bertz CT molecular complexity index is 1330. The van der Waals surface area contributed by atoms with Gasteiger partial charge < -0.3 is 24.2 Å². The first-order valence-electron chi connectivity index (χ1n) is 12.6. The lowest BCUT2D eigenvalue weighted by molar-refractivity contribution is -0.132. The van der Waals surface area contributed by atoms with Crippen molar-refractivity contribution in [2.45, 2.75) is 19.9 Å². The van der Waals surface area contributed by atoms with E-state index in [-0.39, 0.29) is 29.4 Å². The Balaban J connectivity index is 1.37. The lowest BCUT2D eigenvalue weighted by Crippen LogP contribution is -2.53. The van der Waals surface area contributed by atoms with Crippen LogP contribution in [-0.2, 0) is 4.79 Å². The predicted octanol–water partition coefficient (Wildman–Crippen LogP) is 4.67. The number of amides is 2. The standard InChI is InChI=1S/C28H31Cl2N5O4/c1-18(2)35(28(37)21-7-5-19(29)15-23(21)30)17-27(36)34-13-11-33(12-14-34)26-10-9-24(31-32-26)22-8-6-20(38-3)16-25(22)39-4/h5-10,15-16,18H,11-14,17H2,1-4H3. The van der Waals surface area contributed by atoms with Crippen molar-refractivity contribution in [1.29, 1.82) is 0 Å². The van der Waals surface area contributed by atoms with Crippen molar-refractivity contribution in [2.24, 2.45) is 0 Å². The highest BCUT2D eigenvalue weighted by atomic mass is 35.5. The van der Waals surface area contributed by atoms with Crippen LogP contribution in [0.15, 0.2) is 48.5 Å². The number of carbonyl (C=O) groups is 2. The molecule has 0 bridgehead atoms. The fraction of sp³-hybridized carbons (Fsp3) is 0.357. The van der Waals surface area contributed by atoms with Crippen LogP contribution in [0.1, 0.15) is 24.2 Å². The van der Waals surface area contributed by atoms with Gasteiger partial charge in [-0.2, -0.15) is 0 Å². The van der Waals surface area contributed by atoms with Gasteiger partial charge in [-0.25, -0.2) is 0 Å². The maximum absolute atomic E-state index is 13.2. The van der Waals surface area contributed by atoms with Crippen molar-refractivity contribution in [3.8, 4) is 22.8 Å². The van der Waals surface area contributed by atoms with Crippen molar-refractivity contribution >= 4 is 40.8 Å². The molecule has 0 atom stereocenters. The molecule has 1 aliphatic heterocycles. The number of anilines is 1. The Kier molecular flexibility index (Phi) is 9.14. The average Bonchev–Trinajstić information content (AvgIpc) is 2.95. The number of hydrogen-bond donors (Lipinski definition) is 0. The molecule has 3 aromatic rings. The third-order valence-corrected chi connectivity index (χ3v) is 7.19. The minimum Gasteiger partial charge on any atom is -0.497 e. The molecule has 2 amide bonds. The third kappa shape index (κ3) is 6.54.